The molecule has 2 aromatic carbocycles. The number of benzene rings is 2. The molecule has 5 rings (SSSR count). The number of nitrogens with zero attached hydrogens (tertiary/aromatic N) is 2. The maximum Gasteiger partial charge on any atom is 0.263 e. The van der Waals surface area contributed by atoms with Crippen molar-refractivity contribution in [2.75, 3.05) is 43.4 Å². The van der Waals surface area contributed by atoms with Crippen molar-refractivity contribution in [1.82, 2.24) is 15.6 Å². The minimum absolute atomic E-state index is 0.140. The first kappa shape index (κ1) is 22.4. The van der Waals surface area contributed by atoms with Gasteiger partial charge in [0, 0.05) is 55.1 Å². The van der Waals surface area contributed by atoms with Crippen LogP contribution >= 0.6 is 11.3 Å². The Labute approximate surface area is 203 Å². The van der Waals surface area contributed by atoms with Crippen LogP contribution in [-0.4, -0.2) is 43.6 Å². The maximum atomic E-state index is 12.8. The van der Waals surface area contributed by atoms with E-state index in [0.717, 1.165) is 48.5 Å². The first-order valence-electron chi connectivity index (χ1n) is 11.7. The molecule has 7 heteroatoms. The Kier molecular flexibility index (Phi) is 6.47. The topological polar surface area (TPSA) is 83.3 Å². The van der Waals surface area contributed by atoms with Gasteiger partial charge in [-0.15, -0.1) is 11.3 Å². The second kappa shape index (κ2) is 9.83. The van der Waals surface area contributed by atoms with E-state index in [-0.39, 0.29) is 5.91 Å². The summed E-state index contributed by atoms with van der Waals surface area (Å²) < 4.78 is 0. The first-order valence-corrected chi connectivity index (χ1v) is 12.5. The summed E-state index contributed by atoms with van der Waals surface area (Å²) in [5, 5.41) is 7.32. The number of carbonyl (C=O) groups excluding carboxylic acids is 1. The molecule has 3 heterocycles. The van der Waals surface area contributed by atoms with Gasteiger partial charge in [-0.05, 0) is 48.7 Å². The molecule has 4 N–H and O–H groups in total. The van der Waals surface area contributed by atoms with Gasteiger partial charge < -0.3 is 21.3 Å². The Morgan fingerprint density at radius 1 is 1.12 bits per heavy atom. The van der Waals surface area contributed by atoms with Crippen LogP contribution in [0.1, 0.15) is 20.9 Å². The van der Waals surface area contributed by atoms with Crippen LogP contribution in [0.25, 0.3) is 21.3 Å². The number of aromatic nitrogens is 1. The SMILES string of the molecule is Cc1ccc2c(N)c(C(=O)NCCc3ccc(N4CCNCC4)c(-c4ccccc4)c3)sc2n1. The summed E-state index contributed by atoms with van der Waals surface area (Å²) in [4.78, 5) is 21.1. The van der Waals surface area contributed by atoms with E-state index in [1.165, 1.54) is 33.7 Å². The average Bonchev–Trinajstić information content (AvgIpc) is 3.20. The predicted molar refractivity (Wildman–Crippen MR) is 142 cm³/mol. The molecular weight excluding hydrogens is 442 g/mol. The lowest BCUT2D eigenvalue weighted by atomic mass is 9.98. The molecule has 1 saturated heterocycles. The Morgan fingerprint density at radius 2 is 1.91 bits per heavy atom. The van der Waals surface area contributed by atoms with Crippen molar-refractivity contribution in [1.29, 1.82) is 0 Å². The van der Waals surface area contributed by atoms with Crippen LogP contribution in [0.2, 0.25) is 0 Å². The number of hydrogen-bond acceptors (Lipinski definition) is 6. The summed E-state index contributed by atoms with van der Waals surface area (Å²) in [6, 6.07) is 21.0. The zero-order valence-electron chi connectivity index (χ0n) is 19.3. The van der Waals surface area contributed by atoms with E-state index in [1.54, 1.807) is 0 Å². The lowest BCUT2D eigenvalue weighted by molar-refractivity contribution is 0.0959. The van der Waals surface area contributed by atoms with Gasteiger partial charge in [0.2, 0.25) is 0 Å². The van der Waals surface area contributed by atoms with Gasteiger partial charge >= 0.3 is 0 Å². The molecule has 0 spiro atoms. The number of aryl methyl sites for hydroxylation is 1. The van der Waals surface area contributed by atoms with E-state index < -0.39 is 0 Å². The summed E-state index contributed by atoms with van der Waals surface area (Å²) in [6.45, 7) is 6.47. The predicted octanol–water partition coefficient (Wildman–Crippen LogP) is 4.24. The van der Waals surface area contributed by atoms with Crippen LogP contribution in [0.3, 0.4) is 0 Å². The Hall–Kier alpha value is -3.42. The highest BCUT2D eigenvalue weighted by Crippen LogP contribution is 2.33. The molecule has 1 aliphatic rings. The number of amides is 1. The third-order valence-corrected chi connectivity index (χ3v) is 7.36. The number of pyridine rings is 1. The second-order valence-electron chi connectivity index (χ2n) is 8.61. The molecular formula is C27H29N5OS. The molecule has 1 aliphatic heterocycles. The highest BCUT2D eigenvalue weighted by Gasteiger charge is 2.18. The van der Waals surface area contributed by atoms with E-state index in [4.69, 9.17) is 5.73 Å². The smallest absolute Gasteiger partial charge is 0.263 e. The summed E-state index contributed by atoms with van der Waals surface area (Å²) >= 11 is 1.35. The second-order valence-corrected chi connectivity index (χ2v) is 9.61. The van der Waals surface area contributed by atoms with Crippen LogP contribution in [0.4, 0.5) is 11.4 Å². The van der Waals surface area contributed by atoms with Crippen molar-refractivity contribution >= 4 is 38.8 Å². The van der Waals surface area contributed by atoms with Crippen LogP contribution in [-0.2, 0) is 6.42 Å². The first-order chi connectivity index (χ1) is 16.6. The average molecular weight is 472 g/mol. The van der Waals surface area contributed by atoms with Crippen LogP contribution < -0.4 is 21.3 Å². The fraction of sp³-hybridized carbons (Fsp3) is 0.259. The van der Waals surface area contributed by atoms with Gasteiger partial charge in [-0.2, -0.15) is 0 Å². The van der Waals surface area contributed by atoms with Gasteiger partial charge in [-0.3, -0.25) is 4.79 Å². The zero-order valence-corrected chi connectivity index (χ0v) is 20.1. The molecule has 1 fully saturated rings. The van der Waals surface area contributed by atoms with Gasteiger partial charge in [-0.1, -0.05) is 36.4 Å². The van der Waals surface area contributed by atoms with Gasteiger partial charge in [0.25, 0.3) is 5.91 Å². The highest BCUT2D eigenvalue weighted by atomic mass is 32.1. The Bertz CT molecular complexity index is 1310. The number of fused-ring (bicyclic) bond motifs is 1. The minimum Gasteiger partial charge on any atom is -0.397 e. The summed E-state index contributed by atoms with van der Waals surface area (Å²) in [5.41, 5.74) is 12.6. The molecule has 174 valence electrons. The Balaban J connectivity index is 1.32. The number of piperazine rings is 1. The van der Waals surface area contributed by atoms with E-state index in [0.29, 0.717) is 17.1 Å². The van der Waals surface area contributed by atoms with Crippen molar-refractivity contribution in [2.24, 2.45) is 0 Å². The van der Waals surface area contributed by atoms with E-state index in [1.807, 2.05) is 25.1 Å². The fourth-order valence-electron chi connectivity index (χ4n) is 4.43. The van der Waals surface area contributed by atoms with Crippen LogP contribution in [0.15, 0.2) is 60.7 Å². The van der Waals surface area contributed by atoms with Crippen molar-refractivity contribution in [3.63, 3.8) is 0 Å². The molecule has 2 aromatic heterocycles. The number of anilines is 2. The van der Waals surface area contributed by atoms with Crippen molar-refractivity contribution in [2.45, 2.75) is 13.3 Å². The molecule has 0 unspecified atom stereocenters. The fourth-order valence-corrected chi connectivity index (χ4v) is 5.48. The monoisotopic (exact) mass is 471 g/mol. The number of carbonyl (C=O) groups is 1. The number of hydrogen-bond donors (Lipinski definition) is 3. The molecule has 0 radical (unpaired) electrons. The normalized spacial score (nSPS) is 13.9. The largest absolute Gasteiger partial charge is 0.397 e. The molecule has 1 amide bonds. The molecule has 34 heavy (non-hydrogen) atoms. The third-order valence-electron chi connectivity index (χ3n) is 6.24. The molecule has 0 saturated carbocycles. The number of nitrogen functional groups attached to an aromatic ring is 1. The summed E-state index contributed by atoms with van der Waals surface area (Å²) in [7, 11) is 0. The number of thiophene rings is 1. The number of nitrogens with one attached hydrogen (secondary N) is 2. The number of nitrogens with two attached hydrogens (primary N) is 1. The van der Waals surface area contributed by atoms with Crippen molar-refractivity contribution in [3.8, 4) is 11.1 Å². The summed E-state index contributed by atoms with van der Waals surface area (Å²) in [5.74, 6) is -0.140. The molecule has 0 atom stereocenters. The molecule has 6 nitrogen and oxygen atoms in total. The lowest BCUT2D eigenvalue weighted by Gasteiger charge is -2.31. The molecule has 0 bridgehead atoms. The number of rotatable bonds is 6. The van der Waals surface area contributed by atoms with E-state index in [2.05, 4.69) is 63.0 Å². The van der Waals surface area contributed by atoms with E-state index >= 15 is 0 Å². The van der Waals surface area contributed by atoms with Crippen molar-refractivity contribution < 1.29 is 4.79 Å². The summed E-state index contributed by atoms with van der Waals surface area (Å²) in [6.07, 6.45) is 0.746. The van der Waals surface area contributed by atoms with Crippen LogP contribution in [0, 0.1) is 6.92 Å². The van der Waals surface area contributed by atoms with Crippen LogP contribution in [0.5, 0.6) is 0 Å². The molecule has 4 aromatic rings. The van der Waals surface area contributed by atoms with Gasteiger partial charge in [0.1, 0.15) is 9.71 Å². The van der Waals surface area contributed by atoms with Gasteiger partial charge in [-0.25, -0.2) is 4.98 Å². The standard InChI is InChI=1S/C27H29N5OS/c1-18-7-9-21-24(28)25(34-27(21)31-18)26(33)30-12-11-19-8-10-23(32-15-13-29-14-16-32)22(17-19)20-5-3-2-4-6-20/h2-10,17,29H,11-16,28H2,1H3,(H,30,33). The molecule has 0 aliphatic carbocycles. The minimum atomic E-state index is -0.140. The highest BCUT2D eigenvalue weighted by molar-refractivity contribution is 7.21. The zero-order chi connectivity index (χ0) is 23.5. The van der Waals surface area contributed by atoms with Gasteiger partial charge in [0.05, 0.1) is 5.69 Å². The maximum absolute atomic E-state index is 12.8. The van der Waals surface area contributed by atoms with Crippen molar-refractivity contribution in [3.05, 3.63) is 76.8 Å². The van der Waals surface area contributed by atoms with E-state index in [9.17, 15) is 4.79 Å². The van der Waals surface area contributed by atoms with Gasteiger partial charge in [0.15, 0.2) is 0 Å². The third kappa shape index (κ3) is 4.62. The lowest BCUT2D eigenvalue weighted by Crippen LogP contribution is -2.43. The quantitative estimate of drug-likeness (QED) is 0.392. The Morgan fingerprint density at radius 3 is 2.71 bits per heavy atom.